The third kappa shape index (κ3) is 4.61. The predicted molar refractivity (Wildman–Crippen MR) is 112 cm³/mol. The average Bonchev–Trinajstić information content (AvgIpc) is 3.17. The Balaban J connectivity index is 1.51. The number of aryl methyl sites for hydroxylation is 1. The molecular weight excluding hydrogens is 410 g/mol. The highest BCUT2D eigenvalue weighted by Crippen LogP contribution is 2.23. The van der Waals surface area contributed by atoms with E-state index < -0.39 is 0 Å². The summed E-state index contributed by atoms with van der Waals surface area (Å²) in [6, 6.07) is 15.1. The van der Waals surface area contributed by atoms with E-state index in [1.165, 1.54) is 11.8 Å². The predicted octanol–water partition coefficient (Wildman–Crippen LogP) is 3.43. The van der Waals surface area contributed by atoms with Crippen LogP contribution in [0.4, 0.5) is 17.6 Å². The Morgan fingerprint density at radius 2 is 1.86 bits per heavy atom. The molecule has 0 atom stereocenters. The standard InChI is InChI=1S/C18H16ClN9S/c1-11-4-2-3-5-14(11)21-17-23-15(22-16(20)24-17)10-29-18-25-26-27-28(18)13-8-6-12(19)7-9-13/h2-9H,10H2,1H3,(H3,20,21,22,23,24). The molecule has 0 radical (unpaired) electrons. The minimum atomic E-state index is 0.143. The molecule has 0 spiro atoms. The van der Waals surface area contributed by atoms with Crippen LogP contribution in [0.3, 0.4) is 0 Å². The highest BCUT2D eigenvalue weighted by molar-refractivity contribution is 7.98. The molecule has 4 aromatic rings. The lowest BCUT2D eigenvalue weighted by molar-refractivity contribution is 0.756. The van der Waals surface area contributed by atoms with E-state index in [0.29, 0.717) is 27.7 Å². The molecule has 2 heterocycles. The molecule has 146 valence electrons. The van der Waals surface area contributed by atoms with E-state index in [0.717, 1.165) is 16.9 Å². The molecular formula is C18H16ClN9S. The molecule has 0 saturated heterocycles. The summed E-state index contributed by atoms with van der Waals surface area (Å²) in [5.41, 5.74) is 8.65. The van der Waals surface area contributed by atoms with Crippen molar-refractivity contribution in [3.63, 3.8) is 0 Å². The molecule has 0 aliphatic carbocycles. The number of rotatable bonds is 6. The van der Waals surface area contributed by atoms with Crippen molar-refractivity contribution in [2.24, 2.45) is 0 Å². The van der Waals surface area contributed by atoms with Crippen LogP contribution in [-0.4, -0.2) is 35.2 Å². The van der Waals surface area contributed by atoms with Crippen molar-refractivity contribution < 1.29 is 0 Å². The van der Waals surface area contributed by atoms with Gasteiger partial charge in [0.2, 0.25) is 17.1 Å². The number of thioether (sulfide) groups is 1. The number of anilines is 3. The quantitative estimate of drug-likeness (QED) is 0.447. The minimum absolute atomic E-state index is 0.143. The molecule has 29 heavy (non-hydrogen) atoms. The van der Waals surface area contributed by atoms with E-state index in [-0.39, 0.29) is 5.95 Å². The van der Waals surface area contributed by atoms with Gasteiger partial charge in [0.05, 0.1) is 11.4 Å². The number of nitrogens with two attached hydrogens (primary N) is 1. The number of aromatic nitrogens is 7. The van der Waals surface area contributed by atoms with Crippen molar-refractivity contribution in [3.8, 4) is 5.69 Å². The Morgan fingerprint density at radius 3 is 2.66 bits per heavy atom. The van der Waals surface area contributed by atoms with Gasteiger partial charge in [0.15, 0.2) is 0 Å². The fourth-order valence-corrected chi connectivity index (χ4v) is 3.41. The largest absolute Gasteiger partial charge is 0.368 e. The molecule has 0 aliphatic rings. The Labute approximate surface area is 175 Å². The van der Waals surface area contributed by atoms with Crippen molar-refractivity contribution >= 4 is 40.9 Å². The first kappa shape index (κ1) is 19.1. The van der Waals surface area contributed by atoms with Gasteiger partial charge in [0, 0.05) is 10.7 Å². The second kappa shape index (κ2) is 8.41. The Hall–Kier alpha value is -3.24. The number of para-hydroxylation sites is 1. The van der Waals surface area contributed by atoms with Crippen LogP contribution >= 0.6 is 23.4 Å². The molecule has 0 saturated carbocycles. The van der Waals surface area contributed by atoms with Crippen LogP contribution in [-0.2, 0) is 5.75 Å². The fourth-order valence-electron chi connectivity index (χ4n) is 2.53. The summed E-state index contributed by atoms with van der Waals surface area (Å²) in [7, 11) is 0. The smallest absolute Gasteiger partial charge is 0.232 e. The molecule has 0 unspecified atom stereocenters. The maximum Gasteiger partial charge on any atom is 0.232 e. The SMILES string of the molecule is Cc1ccccc1Nc1nc(N)nc(CSc2nnnn2-c2ccc(Cl)cc2)n1. The fraction of sp³-hybridized carbons (Fsp3) is 0.111. The van der Waals surface area contributed by atoms with Gasteiger partial charge < -0.3 is 11.1 Å². The van der Waals surface area contributed by atoms with E-state index in [1.54, 1.807) is 16.8 Å². The zero-order chi connectivity index (χ0) is 20.2. The van der Waals surface area contributed by atoms with Crippen molar-refractivity contribution in [3.05, 3.63) is 64.9 Å². The van der Waals surface area contributed by atoms with Crippen molar-refractivity contribution in [1.29, 1.82) is 0 Å². The molecule has 0 amide bonds. The second-order valence-corrected chi connectivity index (χ2v) is 7.39. The summed E-state index contributed by atoms with van der Waals surface area (Å²) in [5.74, 6) is 1.47. The van der Waals surface area contributed by atoms with Gasteiger partial charge in [-0.3, -0.25) is 0 Å². The van der Waals surface area contributed by atoms with Crippen LogP contribution in [0.2, 0.25) is 5.02 Å². The summed E-state index contributed by atoms with van der Waals surface area (Å²) in [6.07, 6.45) is 0. The van der Waals surface area contributed by atoms with Crippen molar-refractivity contribution in [2.75, 3.05) is 11.1 Å². The van der Waals surface area contributed by atoms with Gasteiger partial charge in [0.1, 0.15) is 5.82 Å². The maximum absolute atomic E-state index is 5.95. The first-order valence-corrected chi connectivity index (χ1v) is 9.95. The van der Waals surface area contributed by atoms with Gasteiger partial charge in [0.25, 0.3) is 0 Å². The van der Waals surface area contributed by atoms with E-state index in [1.807, 2.05) is 43.3 Å². The first-order chi connectivity index (χ1) is 14.1. The lowest BCUT2D eigenvalue weighted by atomic mass is 10.2. The van der Waals surface area contributed by atoms with E-state index >= 15 is 0 Å². The number of nitrogen functional groups attached to an aromatic ring is 1. The molecule has 0 fully saturated rings. The topological polar surface area (TPSA) is 120 Å². The highest BCUT2D eigenvalue weighted by atomic mass is 35.5. The van der Waals surface area contributed by atoms with E-state index in [4.69, 9.17) is 17.3 Å². The molecule has 0 bridgehead atoms. The first-order valence-electron chi connectivity index (χ1n) is 8.59. The summed E-state index contributed by atoms with van der Waals surface area (Å²) in [6.45, 7) is 2.00. The average molecular weight is 426 g/mol. The van der Waals surface area contributed by atoms with Gasteiger partial charge in [-0.15, -0.1) is 5.10 Å². The van der Waals surface area contributed by atoms with Crippen LogP contribution in [0.25, 0.3) is 5.69 Å². The summed E-state index contributed by atoms with van der Waals surface area (Å²) in [4.78, 5) is 12.8. The van der Waals surface area contributed by atoms with Gasteiger partial charge in [-0.1, -0.05) is 41.6 Å². The number of hydrogen-bond donors (Lipinski definition) is 2. The highest BCUT2D eigenvalue weighted by Gasteiger charge is 2.12. The van der Waals surface area contributed by atoms with Gasteiger partial charge in [-0.05, 0) is 53.2 Å². The van der Waals surface area contributed by atoms with Crippen molar-refractivity contribution in [1.82, 2.24) is 35.2 Å². The van der Waals surface area contributed by atoms with E-state index in [2.05, 4.69) is 35.8 Å². The van der Waals surface area contributed by atoms with Gasteiger partial charge in [-0.25, -0.2) is 0 Å². The third-order valence-corrected chi connectivity index (χ3v) is 5.10. The van der Waals surface area contributed by atoms with Crippen LogP contribution in [0.5, 0.6) is 0 Å². The molecule has 9 nitrogen and oxygen atoms in total. The number of hydrogen-bond acceptors (Lipinski definition) is 9. The van der Waals surface area contributed by atoms with E-state index in [9.17, 15) is 0 Å². The van der Waals surface area contributed by atoms with Crippen LogP contribution in [0.1, 0.15) is 11.4 Å². The second-order valence-electron chi connectivity index (χ2n) is 6.01. The summed E-state index contributed by atoms with van der Waals surface area (Å²) >= 11 is 7.34. The number of tetrazole rings is 1. The van der Waals surface area contributed by atoms with Gasteiger partial charge in [-0.2, -0.15) is 19.6 Å². The maximum atomic E-state index is 5.95. The Bertz CT molecular complexity index is 1130. The lowest BCUT2D eigenvalue weighted by Gasteiger charge is -2.09. The summed E-state index contributed by atoms with van der Waals surface area (Å²) < 4.78 is 1.62. The van der Waals surface area contributed by atoms with Crippen LogP contribution < -0.4 is 11.1 Å². The number of nitrogens with zero attached hydrogens (tertiary/aromatic N) is 7. The number of halogens is 1. The lowest BCUT2D eigenvalue weighted by Crippen LogP contribution is -2.07. The molecule has 2 aromatic heterocycles. The molecule has 0 aliphatic heterocycles. The molecule has 3 N–H and O–H groups in total. The molecule has 2 aromatic carbocycles. The number of nitrogens with one attached hydrogen (secondary N) is 1. The zero-order valence-electron chi connectivity index (χ0n) is 15.3. The molecule has 4 rings (SSSR count). The normalized spacial score (nSPS) is 10.8. The molecule has 11 heteroatoms. The minimum Gasteiger partial charge on any atom is -0.368 e. The zero-order valence-corrected chi connectivity index (χ0v) is 16.9. The monoisotopic (exact) mass is 425 g/mol. The van der Waals surface area contributed by atoms with Crippen LogP contribution in [0.15, 0.2) is 53.7 Å². The third-order valence-electron chi connectivity index (χ3n) is 3.93. The van der Waals surface area contributed by atoms with Crippen molar-refractivity contribution in [2.45, 2.75) is 17.8 Å². The Morgan fingerprint density at radius 1 is 1.07 bits per heavy atom. The Kier molecular flexibility index (Phi) is 5.54. The summed E-state index contributed by atoms with van der Waals surface area (Å²) in [5, 5.41) is 16.3. The van der Waals surface area contributed by atoms with Gasteiger partial charge >= 0.3 is 0 Å². The number of benzene rings is 2. The van der Waals surface area contributed by atoms with Crippen LogP contribution in [0, 0.1) is 6.92 Å².